The first-order valence-corrected chi connectivity index (χ1v) is 7.04. The molecule has 6 nitrogen and oxygen atoms in total. The van der Waals surface area contributed by atoms with Crippen molar-refractivity contribution in [2.75, 3.05) is 19.1 Å². The largest absolute Gasteiger partial charge is 0.311 e. The normalized spacial score (nSPS) is 17.0. The van der Waals surface area contributed by atoms with Gasteiger partial charge < -0.3 is 5.32 Å². The lowest BCUT2D eigenvalue weighted by atomic mass is 10.2. The van der Waals surface area contributed by atoms with Crippen LogP contribution in [0.25, 0.3) is 0 Å². The van der Waals surface area contributed by atoms with E-state index in [0.29, 0.717) is 5.75 Å². The molecule has 0 radical (unpaired) electrons. The summed E-state index contributed by atoms with van der Waals surface area (Å²) >= 11 is 0. The second-order valence-corrected chi connectivity index (χ2v) is 5.46. The molecule has 7 heteroatoms. The Morgan fingerprint density at radius 2 is 2.19 bits per heavy atom. The highest BCUT2D eigenvalue weighted by atomic mass is 32.2. The van der Waals surface area contributed by atoms with Crippen LogP contribution in [-0.2, 0) is 10.8 Å². The van der Waals surface area contributed by atoms with Gasteiger partial charge >= 0.3 is 0 Å². The van der Waals surface area contributed by atoms with E-state index in [2.05, 4.69) is 20.8 Å². The zero-order valence-corrected chi connectivity index (χ0v) is 11.0. The molecular weight excluding hydrogens is 226 g/mol. The molecular formula is C9H19N5OS. The molecule has 1 rings (SSSR count). The molecule has 0 fully saturated rings. The minimum absolute atomic E-state index is 0.115. The van der Waals surface area contributed by atoms with Crippen LogP contribution in [0.1, 0.15) is 38.2 Å². The van der Waals surface area contributed by atoms with Crippen LogP contribution < -0.4 is 5.32 Å². The van der Waals surface area contributed by atoms with Crippen LogP contribution >= 0.6 is 0 Å². The molecule has 0 aliphatic heterocycles. The lowest BCUT2D eigenvalue weighted by Gasteiger charge is -2.15. The average Bonchev–Trinajstić information content (AvgIpc) is 2.73. The van der Waals surface area contributed by atoms with Crippen LogP contribution in [0.4, 0.5) is 0 Å². The molecule has 1 aromatic rings. The average molecular weight is 245 g/mol. The standard InChI is InChI=1S/C9H19N5OS/c1-7(5-6-16(4)15)14-9(8(2)10-3)11-12-13-14/h7-8,10H,5-6H2,1-4H3. The smallest absolute Gasteiger partial charge is 0.168 e. The summed E-state index contributed by atoms with van der Waals surface area (Å²) in [6.45, 7) is 4.04. The van der Waals surface area contributed by atoms with Crippen molar-refractivity contribution >= 4 is 10.8 Å². The van der Waals surface area contributed by atoms with E-state index in [-0.39, 0.29) is 12.1 Å². The summed E-state index contributed by atoms with van der Waals surface area (Å²) in [7, 11) is 1.11. The van der Waals surface area contributed by atoms with E-state index in [1.807, 2.05) is 20.9 Å². The number of rotatable bonds is 6. The molecule has 1 N–H and O–H groups in total. The zero-order valence-electron chi connectivity index (χ0n) is 10.2. The van der Waals surface area contributed by atoms with Gasteiger partial charge in [-0.15, -0.1) is 5.10 Å². The van der Waals surface area contributed by atoms with Gasteiger partial charge in [0.05, 0.1) is 12.1 Å². The van der Waals surface area contributed by atoms with E-state index in [1.54, 1.807) is 10.9 Å². The highest BCUT2D eigenvalue weighted by Crippen LogP contribution is 2.15. The maximum atomic E-state index is 11.0. The second kappa shape index (κ2) is 6.05. The van der Waals surface area contributed by atoms with Crippen molar-refractivity contribution in [1.82, 2.24) is 25.5 Å². The van der Waals surface area contributed by atoms with E-state index >= 15 is 0 Å². The number of hydrogen-bond acceptors (Lipinski definition) is 5. The molecule has 0 bridgehead atoms. The van der Waals surface area contributed by atoms with Crippen molar-refractivity contribution in [2.24, 2.45) is 0 Å². The van der Waals surface area contributed by atoms with Gasteiger partial charge in [-0.3, -0.25) is 4.21 Å². The number of aromatic nitrogens is 4. The maximum absolute atomic E-state index is 11.0. The van der Waals surface area contributed by atoms with Crippen molar-refractivity contribution in [3.05, 3.63) is 5.82 Å². The first kappa shape index (κ1) is 13.2. The summed E-state index contributed by atoms with van der Waals surface area (Å²) in [5.41, 5.74) is 0. The number of tetrazole rings is 1. The third kappa shape index (κ3) is 3.34. The molecule has 0 spiro atoms. The van der Waals surface area contributed by atoms with Gasteiger partial charge in [0.2, 0.25) is 0 Å². The minimum atomic E-state index is -0.764. The summed E-state index contributed by atoms with van der Waals surface area (Å²) in [6, 6.07) is 0.286. The van der Waals surface area contributed by atoms with Crippen LogP contribution in [0.3, 0.4) is 0 Å². The van der Waals surface area contributed by atoms with Gasteiger partial charge in [-0.1, -0.05) is 0 Å². The fourth-order valence-electron chi connectivity index (χ4n) is 1.39. The van der Waals surface area contributed by atoms with Gasteiger partial charge in [-0.25, -0.2) is 4.68 Å². The Kier molecular flexibility index (Phi) is 5.01. The third-order valence-electron chi connectivity index (χ3n) is 2.58. The van der Waals surface area contributed by atoms with E-state index in [0.717, 1.165) is 12.2 Å². The summed E-state index contributed by atoms with van der Waals surface area (Å²) < 4.78 is 12.8. The SMILES string of the molecule is CNC(C)c1nnnn1C(C)CCS(C)=O. The highest BCUT2D eigenvalue weighted by molar-refractivity contribution is 7.84. The van der Waals surface area contributed by atoms with Crippen LogP contribution in [0.5, 0.6) is 0 Å². The van der Waals surface area contributed by atoms with E-state index in [9.17, 15) is 4.21 Å². The molecule has 92 valence electrons. The summed E-state index contributed by atoms with van der Waals surface area (Å²) in [6.07, 6.45) is 2.53. The molecule has 0 amide bonds. The van der Waals surface area contributed by atoms with Crippen molar-refractivity contribution in [3.8, 4) is 0 Å². The van der Waals surface area contributed by atoms with Crippen molar-refractivity contribution in [3.63, 3.8) is 0 Å². The molecule has 0 saturated carbocycles. The van der Waals surface area contributed by atoms with Crippen LogP contribution in [0.15, 0.2) is 0 Å². The van der Waals surface area contributed by atoms with Crippen LogP contribution in [0, 0.1) is 0 Å². The van der Waals surface area contributed by atoms with Gasteiger partial charge in [0.1, 0.15) is 0 Å². The number of nitrogens with one attached hydrogen (secondary N) is 1. The highest BCUT2D eigenvalue weighted by Gasteiger charge is 2.17. The molecule has 1 heterocycles. The quantitative estimate of drug-likeness (QED) is 0.779. The summed E-state index contributed by atoms with van der Waals surface area (Å²) in [5, 5.41) is 14.8. The first-order chi connectivity index (χ1) is 7.56. The minimum Gasteiger partial charge on any atom is -0.311 e. The van der Waals surface area contributed by atoms with Crippen molar-refractivity contribution in [2.45, 2.75) is 32.4 Å². The monoisotopic (exact) mass is 245 g/mol. The second-order valence-electron chi connectivity index (χ2n) is 3.91. The Hall–Kier alpha value is -0.820. The van der Waals surface area contributed by atoms with Gasteiger partial charge in [-0.05, 0) is 37.7 Å². The number of nitrogens with zero attached hydrogens (tertiary/aromatic N) is 4. The Balaban J connectivity index is 2.71. The fraction of sp³-hybridized carbons (Fsp3) is 0.889. The molecule has 1 aromatic heterocycles. The molecule has 0 saturated heterocycles. The van der Waals surface area contributed by atoms with E-state index in [4.69, 9.17) is 0 Å². The van der Waals surface area contributed by atoms with Crippen LogP contribution in [0.2, 0.25) is 0 Å². The topological polar surface area (TPSA) is 72.7 Å². The number of hydrogen-bond donors (Lipinski definition) is 1. The first-order valence-electron chi connectivity index (χ1n) is 5.31. The van der Waals surface area contributed by atoms with Gasteiger partial charge in [0, 0.05) is 22.8 Å². The van der Waals surface area contributed by atoms with E-state index < -0.39 is 10.8 Å². The zero-order chi connectivity index (χ0) is 12.1. The molecule has 0 aliphatic rings. The molecule has 16 heavy (non-hydrogen) atoms. The Labute approximate surface area is 98.3 Å². The molecule has 0 aliphatic carbocycles. The lowest BCUT2D eigenvalue weighted by Crippen LogP contribution is -2.21. The predicted octanol–water partition coefficient (Wildman–Crippen LogP) is 0.283. The van der Waals surface area contributed by atoms with Crippen LogP contribution in [-0.4, -0.2) is 43.5 Å². The Bertz CT molecular complexity index is 353. The molecule has 3 atom stereocenters. The molecule has 3 unspecified atom stereocenters. The summed E-state index contributed by atoms with van der Waals surface area (Å²) in [4.78, 5) is 0. The fourth-order valence-corrected chi connectivity index (χ4v) is 2.06. The molecule has 0 aromatic carbocycles. The van der Waals surface area contributed by atoms with Gasteiger partial charge in [0.15, 0.2) is 5.82 Å². The third-order valence-corrected chi connectivity index (χ3v) is 3.39. The van der Waals surface area contributed by atoms with E-state index in [1.165, 1.54) is 0 Å². The van der Waals surface area contributed by atoms with Crippen molar-refractivity contribution < 1.29 is 4.21 Å². The van der Waals surface area contributed by atoms with Gasteiger partial charge in [0.25, 0.3) is 0 Å². The lowest BCUT2D eigenvalue weighted by molar-refractivity contribution is 0.427. The van der Waals surface area contributed by atoms with Crippen molar-refractivity contribution in [1.29, 1.82) is 0 Å². The van der Waals surface area contributed by atoms with Gasteiger partial charge in [-0.2, -0.15) is 0 Å². The maximum Gasteiger partial charge on any atom is 0.168 e. The summed E-state index contributed by atoms with van der Waals surface area (Å²) in [5.74, 6) is 1.49. The predicted molar refractivity (Wildman–Crippen MR) is 63.6 cm³/mol. The Morgan fingerprint density at radius 3 is 2.75 bits per heavy atom. The Morgan fingerprint density at radius 1 is 1.50 bits per heavy atom.